The Kier molecular flexibility index (Phi) is 4.89. The molecular weight excluding hydrogens is 352 g/mol. The molecule has 1 aliphatic rings. The standard InChI is InChI=1S/C19H16N2O6/c1-2-21-18(25)14-7-6-11(8-15(14)19(21)26)17(24)20-12-4-3-5-13(9-12)27-10-16(22)23/h3-9H,2,10H2,1H3,(H,20,24)(H,22,23). The number of ether oxygens (including phenoxy) is 1. The second kappa shape index (κ2) is 7.28. The molecule has 0 atom stereocenters. The van der Waals surface area contributed by atoms with E-state index in [2.05, 4.69) is 5.32 Å². The number of hydrogen-bond acceptors (Lipinski definition) is 5. The van der Waals surface area contributed by atoms with Crippen molar-refractivity contribution in [2.45, 2.75) is 6.92 Å². The lowest BCUT2D eigenvalue weighted by Crippen LogP contribution is -2.29. The van der Waals surface area contributed by atoms with E-state index in [4.69, 9.17) is 9.84 Å². The van der Waals surface area contributed by atoms with E-state index in [1.54, 1.807) is 25.1 Å². The van der Waals surface area contributed by atoms with Crippen molar-refractivity contribution >= 4 is 29.4 Å². The van der Waals surface area contributed by atoms with E-state index < -0.39 is 24.4 Å². The van der Waals surface area contributed by atoms with Gasteiger partial charge < -0.3 is 15.2 Å². The number of anilines is 1. The van der Waals surface area contributed by atoms with Crippen LogP contribution in [-0.2, 0) is 4.79 Å². The smallest absolute Gasteiger partial charge is 0.341 e. The number of carbonyl (C=O) groups is 4. The van der Waals surface area contributed by atoms with Crippen LogP contribution in [0.15, 0.2) is 42.5 Å². The van der Waals surface area contributed by atoms with Gasteiger partial charge in [-0.2, -0.15) is 0 Å². The summed E-state index contributed by atoms with van der Waals surface area (Å²) >= 11 is 0. The van der Waals surface area contributed by atoms with Crippen LogP contribution in [0.1, 0.15) is 38.0 Å². The molecule has 0 saturated carbocycles. The van der Waals surface area contributed by atoms with Gasteiger partial charge in [-0.25, -0.2) is 4.79 Å². The van der Waals surface area contributed by atoms with E-state index in [1.807, 2.05) is 0 Å². The Morgan fingerprint density at radius 2 is 1.81 bits per heavy atom. The van der Waals surface area contributed by atoms with Crippen LogP contribution >= 0.6 is 0 Å². The number of carbonyl (C=O) groups excluding carboxylic acids is 3. The van der Waals surface area contributed by atoms with E-state index >= 15 is 0 Å². The summed E-state index contributed by atoms with van der Waals surface area (Å²) in [6, 6.07) is 10.6. The lowest BCUT2D eigenvalue weighted by molar-refractivity contribution is -0.139. The summed E-state index contributed by atoms with van der Waals surface area (Å²) in [5, 5.41) is 11.3. The number of nitrogens with one attached hydrogen (secondary N) is 1. The molecule has 27 heavy (non-hydrogen) atoms. The maximum atomic E-state index is 12.5. The number of fused-ring (bicyclic) bond motifs is 1. The van der Waals surface area contributed by atoms with Crippen LogP contribution < -0.4 is 10.1 Å². The van der Waals surface area contributed by atoms with Crippen LogP contribution in [0.25, 0.3) is 0 Å². The van der Waals surface area contributed by atoms with Crippen LogP contribution in [0.3, 0.4) is 0 Å². The maximum Gasteiger partial charge on any atom is 0.341 e. The Bertz CT molecular complexity index is 953. The third kappa shape index (κ3) is 3.64. The predicted octanol–water partition coefficient (Wildman–Crippen LogP) is 2.02. The fourth-order valence-electron chi connectivity index (χ4n) is 2.73. The van der Waals surface area contributed by atoms with E-state index in [0.29, 0.717) is 11.4 Å². The maximum absolute atomic E-state index is 12.5. The summed E-state index contributed by atoms with van der Waals surface area (Å²) in [6.07, 6.45) is 0. The van der Waals surface area contributed by atoms with Gasteiger partial charge in [-0.3, -0.25) is 19.3 Å². The molecular formula is C19H16N2O6. The summed E-state index contributed by atoms with van der Waals surface area (Å²) in [6.45, 7) is 1.47. The first-order valence-electron chi connectivity index (χ1n) is 8.17. The minimum absolute atomic E-state index is 0.202. The molecule has 2 aromatic rings. The van der Waals surface area contributed by atoms with Crippen molar-refractivity contribution in [1.82, 2.24) is 4.90 Å². The Morgan fingerprint density at radius 1 is 1.07 bits per heavy atom. The molecule has 0 bridgehead atoms. The topological polar surface area (TPSA) is 113 Å². The van der Waals surface area contributed by atoms with Gasteiger partial charge >= 0.3 is 5.97 Å². The summed E-state index contributed by atoms with van der Waals surface area (Å²) in [4.78, 5) is 48.5. The zero-order valence-electron chi connectivity index (χ0n) is 14.4. The second-order valence-electron chi connectivity index (χ2n) is 5.78. The normalized spacial score (nSPS) is 12.7. The zero-order valence-corrected chi connectivity index (χ0v) is 14.4. The number of carboxylic acid groups (broad SMARTS) is 1. The Balaban J connectivity index is 1.77. The molecule has 8 nitrogen and oxygen atoms in total. The van der Waals surface area contributed by atoms with Gasteiger partial charge in [0.1, 0.15) is 5.75 Å². The third-order valence-corrected chi connectivity index (χ3v) is 4.00. The van der Waals surface area contributed by atoms with Crippen molar-refractivity contribution in [3.05, 3.63) is 59.2 Å². The molecule has 2 aromatic carbocycles. The number of hydrogen-bond donors (Lipinski definition) is 2. The number of nitrogens with zero attached hydrogens (tertiary/aromatic N) is 1. The molecule has 0 aromatic heterocycles. The van der Waals surface area contributed by atoms with Gasteiger partial charge in [0.15, 0.2) is 6.61 Å². The fourth-order valence-corrected chi connectivity index (χ4v) is 2.73. The molecule has 0 radical (unpaired) electrons. The predicted molar refractivity (Wildman–Crippen MR) is 95.0 cm³/mol. The quantitative estimate of drug-likeness (QED) is 0.754. The van der Waals surface area contributed by atoms with Gasteiger partial charge in [0.2, 0.25) is 0 Å². The van der Waals surface area contributed by atoms with E-state index in [0.717, 1.165) is 4.90 Å². The molecule has 0 spiro atoms. The lowest BCUT2D eigenvalue weighted by Gasteiger charge is -2.09. The van der Waals surface area contributed by atoms with Gasteiger partial charge in [0.05, 0.1) is 11.1 Å². The summed E-state index contributed by atoms with van der Waals surface area (Å²) in [5.74, 6) is -2.07. The van der Waals surface area contributed by atoms with Crippen molar-refractivity contribution in [3.8, 4) is 5.75 Å². The van der Waals surface area contributed by atoms with Crippen molar-refractivity contribution < 1.29 is 29.0 Å². The molecule has 8 heteroatoms. The molecule has 0 aliphatic carbocycles. The molecule has 3 rings (SSSR count). The zero-order chi connectivity index (χ0) is 19.6. The number of carboxylic acids is 1. The number of amides is 3. The van der Waals surface area contributed by atoms with E-state index in [9.17, 15) is 19.2 Å². The molecule has 0 fully saturated rings. The van der Waals surface area contributed by atoms with Gasteiger partial charge in [-0.1, -0.05) is 6.07 Å². The summed E-state index contributed by atoms with van der Waals surface area (Å²) < 4.78 is 5.07. The van der Waals surface area contributed by atoms with Gasteiger partial charge in [0, 0.05) is 23.9 Å². The van der Waals surface area contributed by atoms with Crippen LogP contribution in [-0.4, -0.2) is 46.8 Å². The number of aliphatic carboxylic acids is 1. The highest BCUT2D eigenvalue weighted by Crippen LogP contribution is 2.24. The Hall–Kier alpha value is -3.68. The first kappa shape index (κ1) is 18.1. The van der Waals surface area contributed by atoms with Gasteiger partial charge in [0.25, 0.3) is 17.7 Å². The highest BCUT2D eigenvalue weighted by Gasteiger charge is 2.34. The highest BCUT2D eigenvalue weighted by atomic mass is 16.5. The molecule has 138 valence electrons. The van der Waals surface area contributed by atoms with Crippen molar-refractivity contribution in [2.75, 3.05) is 18.5 Å². The van der Waals surface area contributed by atoms with Crippen LogP contribution in [0.2, 0.25) is 0 Å². The number of benzene rings is 2. The Labute approximate surface area is 154 Å². The number of imide groups is 1. The lowest BCUT2D eigenvalue weighted by atomic mass is 10.1. The van der Waals surface area contributed by atoms with Crippen LogP contribution in [0.5, 0.6) is 5.75 Å². The fraction of sp³-hybridized carbons (Fsp3) is 0.158. The summed E-state index contributed by atoms with van der Waals surface area (Å²) in [5.41, 5.74) is 1.11. The van der Waals surface area contributed by atoms with Crippen LogP contribution in [0.4, 0.5) is 5.69 Å². The van der Waals surface area contributed by atoms with E-state index in [1.165, 1.54) is 24.3 Å². The first-order chi connectivity index (χ1) is 12.9. The van der Waals surface area contributed by atoms with Gasteiger partial charge in [-0.05, 0) is 37.3 Å². The second-order valence-corrected chi connectivity index (χ2v) is 5.78. The molecule has 1 heterocycles. The molecule has 3 amide bonds. The number of rotatable bonds is 6. The average molecular weight is 368 g/mol. The largest absolute Gasteiger partial charge is 0.482 e. The van der Waals surface area contributed by atoms with Crippen molar-refractivity contribution in [2.24, 2.45) is 0 Å². The molecule has 0 saturated heterocycles. The average Bonchev–Trinajstić information content (AvgIpc) is 2.90. The summed E-state index contributed by atoms with van der Waals surface area (Å²) in [7, 11) is 0. The van der Waals surface area contributed by atoms with Gasteiger partial charge in [-0.15, -0.1) is 0 Å². The van der Waals surface area contributed by atoms with Crippen molar-refractivity contribution in [1.29, 1.82) is 0 Å². The molecule has 2 N–H and O–H groups in total. The first-order valence-corrected chi connectivity index (χ1v) is 8.17. The molecule has 1 aliphatic heterocycles. The highest BCUT2D eigenvalue weighted by molar-refractivity contribution is 6.22. The minimum atomic E-state index is -1.11. The van der Waals surface area contributed by atoms with E-state index in [-0.39, 0.29) is 29.1 Å². The monoisotopic (exact) mass is 368 g/mol. The van der Waals surface area contributed by atoms with Crippen LogP contribution in [0, 0.1) is 0 Å². The minimum Gasteiger partial charge on any atom is -0.482 e. The third-order valence-electron chi connectivity index (χ3n) is 4.00. The van der Waals surface area contributed by atoms with Crippen molar-refractivity contribution in [3.63, 3.8) is 0 Å². The Morgan fingerprint density at radius 3 is 2.52 bits per heavy atom. The SMILES string of the molecule is CCN1C(=O)c2ccc(C(=O)Nc3cccc(OCC(=O)O)c3)cc2C1=O. The molecule has 0 unspecified atom stereocenters.